The standard InChI is InChI=1S/C11H14N4O/c1-7(2)15-6-12-5-9(15)11-13-8(3)4-10(16)14-11/h4-7H,1-3H3,(H,13,14,16). The third-order valence-corrected chi connectivity index (χ3v) is 2.33. The SMILES string of the molecule is Cc1cc(=O)[nH]c(-c2cncn2C(C)C)n1. The van der Waals surface area contributed by atoms with Gasteiger partial charge in [-0.3, -0.25) is 4.79 Å². The first-order chi connectivity index (χ1) is 7.58. The zero-order valence-electron chi connectivity index (χ0n) is 9.56. The fraction of sp³-hybridized carbons (Fsp3) is 0.364. The molecule has 84 valence electrons. The molecule has 5 nitrogen and oxygen atoms in total. The number of aromatic nitrogens is 4. The highest BCUT2D eigenvalue weighted by Gasteiger charge is 2.10. The molecule has 0 atom stereocenters. The average Bonchev–Trinajstić information content (AvgIpc) is 2.63. The molecular weight excluding hydrogens is 204 g/mol. The molecule has 2 rings (SSSR count). The molecule has 0 aliphatic carbocycles. The summed E-state index contributed by atoms with van der Waals surface area (Å²) in [6.07, 6.45) is 3.44. The van der Waals surface area contributed by atoms with Crippen molar-refractivity contribution in [3.05, 3.63) is 34.6 Å². The van der Waals surface area contributed by atoms with Gasteiger partial charge in [0, 0.05) is 17.8 Å². The van der Waals surface area contributed by atoms with Crippen molar-refractivity contribution in [2.75, 3.05) is 0 Å². The molecule has 0 fully saturated rings. The summed E-state index contributed by atoms with van der Waals surface area (Å²) >= 11 is 0. The van der Waals surface area contributed by atoms with Crippen LogP contribution >= 0.6 is 0 Å². The number of rotatable bonds is 2. The minimum atomic E-state index is -0.140. The van der Waals surface area contributed by atoms with Crippen LogP contribution in [-0.4, -0.2) is 19.5 Å². The highest BCUT2D eigenvalue weighted by atomic mass is 16.1. The van der Waals surface area contributed by atoms with Gasteiger partial charge in [-0.1, -0.05) is 0 Å². The van der Waals surface area contributed by atoms with Crippen LogP contribution in [0.15, 0.2) is 23.4 Å². The minimum absolute atomic E-state index is 0.140. The van der Waals surface area contributed by atoms with Gasteiger partial charge in [0.1, 0.15) is 5.69 Å². The Labute approximate surface area is 93.2 Å². The Hall–Kier alpha value is -1.91. The number of hydrogen-bond acceptors (Lipinski definition) is 3. The zero-order chi connectivity index (χ0) is 11.7. The van der Waals surface area contributed by atoms with Crippen LogP contribution in [0.3, 0.4) is 0 Å². The van der Waals surface area contributed by atoms with Gasteiger partial charge < -0.3 is 9.55 Å². The lowest BCUT2D eigenvalue weighted by Crippen LogP contribution is -2.11. The minimum Gasteiger partial charge on any atom is -0.326 e. The first kappa shape index (κ1) is 10.6. The van der Waals surface area contributed by atoms with Crippen molar-refractivity contribution >= 4 is 0 Å². The normalized spacial score (nSPS) is 11.0. The third kappa shape index (κ3) is 1.88. The number of H-pyrrole nitrogens is 1. The van der Waals surface area contributed by atoms with E-state index in [1.54, 1.807) is 19.4 Å². The lowest BCUT2D eigenvalue weighted by Gasteiger charge is -2.10. The summed E-state index contributed by atoms with van der Waals surface area (Å²) in [6, 6.07) is 1.75. The van der Waals surface area contributed by atoms with E-state index in [2.05, 4.69) is 28.8 Å². The quantitative estimate of drug-likeness (QED) is 0.831. The van der Waals surface area contributed by atoms with Gasteiger partial charge in [0.2, 0.25) is 0 Å². The predicted octanol–water partition coefficient (Wildman–Crippen LogP) is 1.52. The summed E-state index contributed by atoms with van der Waals surface area (Å²) in [7, 11) is 0. The Morgan fingerprint density at radius 3 is 2.81 bits per heavy atom. The molecule has 5 heteroatoms. The Morgan fingerprint density at radius 1 is 1.44 bits per heavy atom. The van der Waals surface area contributed by atoms with E-state index >= 15 is 0 Å². The topological polar surface area (TPSA) is 63.6 Å². The molecular formula is C11H14N4O. The molecule has 0 saturated carbocycles. The van der Waals surface area contributed by atoms with Crippen molar-refractivity contribution in [1.29, 1.82) is 0 Å². The van der Waals surface area contributed by atoms with E-state index in [1.807, 2.05) is 4.57 Å². The van der Waals surface area contributed by atoms with Gasteiger partial charge in [-0.2, -0.15) is 0 Å². The molecule has 0 aromatic carbocycles. The third-order valence-electron chi connectivity index (χ3n) is 2.33. The van der Waals surface area contributed by atoms with E-state index in [9.17, 15) is 4.79 Å². The largest absolute Gasteiger partial charge is 0.326 e. The molecule has 0 spiro atoms. The zero-order valence-corrected chi connectivity index (χ0v) is 9.56. The molecule has 0 bridgehead atoms. The van der Waals surface area contributed by atoms with E-state index < -0.39 is 0 Å². The van der Waals surface area contributed by atoms with Gasteiger partial charge in [-0.05, 0) is 20.8 Å². The summed E-state index contributed by atoms with van der Waals surface area (Å²) < 4.78 is 1.97. The summed E-state index contributed by atoms with van der Waals surface area (Å²) in [5.41, 5.74) is 1.39. The number of nitrogens with one attached hydrogen (secondary N) is 1. The maximum Gasteiger partial charge on any atom is 0.251 e. The van der Waals surface area contributed by atoms with Crippen LogP contribution in [0.1, 0.15) is 25.6 Å². The monoisotopic (exact) mass is 218 g/mol. The fourth-order valence-electron chi connectivity index (χ4n) is 1.60. The lowest BCUT2D eigenvalue weighted by atomic mass is 10.3. The van der Waals surface area contributed by atoms with Crippen LogP contribution in [-0.2, 0) is 0 Å². The second-order valence-electron chi connectivity index (χ2n) is 4.02. The molecule has 0 unspecified atom stereocenters. The maximum absolute atomic E-state index is 11.4. The number of imidazole rings is 1. The van der Waals surface area contributed by atoms with Gasteiger partial charge >= 0.3 is 0 Å². The predicted molar refractivity (Wildman–Crippen MR) is 61.2 cm³/mol. The van der Waals surface area contributed by atoms with E-state index in [1.165, 1.54) is 6.07 Å². The first-order valence-electron chi connectivity index (χ1n) is 5.18. The van der Waals surface area contributed by atoms with Crippen LogP contribution in [0, 0.1) is 6.92 Å². The summed E-state index contributed by atoms with van der Waals surface area (Å²) in [5, 5.41) is 0. The van der Waals surface area contributed by atoms with Crippen LogP contribution < -0.4 is 5.56 Å². The van der Waals surface area contributed by atoms with Crippen molar-refractivity contribution in [3.63, 3.8) is 0 Å². The van der Waals surface area contributed by atoms with Gasteiger partial charge in [0.15, 0.2) is 5.82 Å². The Kier molecular flexibility index (Phi) is 2.60. The maximum atomic E-state index is 11.4. The summed E-state index contributed by atoms with van der Waals surface area (Å²) in [6.45, 7) is 5.91. The molecule has 2 aromatic heterocycles. The summed E-state index contributed by atoms with van der Waals surface area (Å²) in [4.78, 5) is 22.5. The van der Waals surface area contributed by atoms with Crippen molar-refractivity contribution in [2.45, 2.75) is 26.8 Å². The van der Waals surface area contributed by atoms with E-state index in [0.29, 0.717) is 11.5 Å². The molecule has 0 aliphatic rings. The van der Waals surface area contributed by atoms with Crippen molar-refractivity contribution in [1.82, 2.24) is 19.5 Å². The lowest BCUT2D eigenvalue weighted by molar-refractivity contribution is 0.603. The Bertz CT molecular complexity index is 553. The number of hydrogen-bond donors (Lipinski definition) is 1. The van der Waals surface area contributed by atoms with E-state index in [4.69, 9.17) is 0 Å². The first-order valence-corrected chi connectivity index (χ1v) is 5.18. The molecule has 0 radical (unpaired) electrons. The van der Waals surface area contributed by atoms with Crippen molar-refractivity contribution in [3.8, 4) is 11.5 Å². The number of aromatic amines is 1. The smallest absolute Gasteiger partial charge is 0.251 e. The Morgan fingerprint density at radius 2 is 2.19 bits per heavy atom. The molecule has 2 heterocycles. The van der Waals surface area contributed by atoms with E-state index in [0.717, 1.165) is 5.69 Å². The summed E-state index contributed by atoms with van der Waals surface area (Å²) in [5.74, 6) is 0.566. The highest BCUT2D eigenvalue weighted by Crippen LogP contribution is 2.17. The van der Waals surface area contributed by atoms with Gasteiger partial charge in [-0.15, -0.1) is 0 Å². The second kappa shape index (κ2) is 3.92. The molecule has 0 aliphatic heterocycles. The Balaban J connectivity index is 2.58. The molecule has 2 aromatic rings. The fourth-order valence-corrected chi connectivity index (χ4v) is 1.60. The van der Waals surface area contributed by atoms with Crippen molar-refractivity contribution < 1.29 is 0 Å². The van der Waals surface area contributed by atoms with Gasteiger partial charge in [0.05, 0.1) is 12.5 Å². The van der Waals surface area contributed by atoms with Crippen LogP contribution in [0.4, 0.5) is 0 Å². The molecule has 0 amide bonds. The average molecular weight is 218 g/mol. The number of aryl methyl sites for hydroxylation is 1. The highest BCUT2D eigenvalue weighted by molar-refractivity contribution is 5.48. The van der Waals surface area contributed by atoms with Crippen molar-refractivity contribution in [2.24, 2.45) is 0 Å². The molecule has 1 N–H and O–H groups in total. The second-order valence-corrected chi connectivity index (χ2v) is 4.02. The van der Waals surface area contributed by atoms with Gasteiger partial charge in [0.25, 0.3) is 5.56 Å². The van der Waals surface area contributed by atoms with Crippen LogP contribution in [0.2, 0.25) is 0 Å². The van der Waals surface area contributed by atoms with E-state index in [-0.39, 0.29) is 11.6 Å². The van der Waals surface area contributed by atoms with Gasteiger partial charge in [-0.25, -0.2) is 9.97 Å². The van der Waals surface area contributed by atoms with Crippen LogP contribution in [0.25, 0.3) is 11.5 Å². The van der Waals surface area contributed by atoms with Crippen LogP contribution in [0.5, 0.6) is 0 Å². The molecule has 0 saturated heterocycles. The molecule has 16 heavy (non-hydrogen) atoms. The number of nitrogens with zero attached hydrogens (tertiary/aromatic N) is 3.